The van der Waals surface area contributed by atoms with Gasteiger partial charge < -0.3 is 4.57 Å². The highest BCUT2D eigenvalue weighted by molar-refractivity contribution is 6.31. The van der Waals surface area contributed by atoms with Gasteiger partial charge in [-0.05, 0) is 11.5 Å². The van der Waals surface area contributed by atoms with Crippen LogP contribution in [0.1, 0.15) is 0 Å². The summed E-state index contributed by atoms with van der Waals surface area (Å²) in [5, 5.41) is 0. The van der Waals surface area contributed by atoms with E-state index in [1.807, 2.05) is 0 Å². The summed E-state index contributed by atoms with van der Waals surface area (Å²) in [6, 6.07) is 3.32. The second-order valence-corrected chi connectivity index (χ2v) is 1.88. The zero-order chi connectivity index (χ0) is 6.85. The van der Waals surface area contributed by atoms with E-state index in [1.54, 1.807) is 25.4 Å². The van der Waals surface area contributed by atoms with Crippen LogP contribution < -0.4 is 11.0 Å². The first-order chi connectivity index (χ1) is 4.22. The van der Waals surface area contributed by atoms with Gasteiger partial charge in [0, 0.05) is 13.2 Å². The lowest BCUT2D eigenvalue weighted by Gasteiger charge is -1.95. The van der Waals surface area contributed by atoms with Crippen molar-refractivity contribution in [3.8, 4) is 0 Å². The van der Waals surface area contributed by atoms with Crippen LogP contribution in [0.15, 0.2) is 23.1 Å². The average molecular weight is 119 g/mol. The zero-order valence-corrected chi connectivity index (χ0v) is 5.16. The fourth-order valence-electron chi connectivity index (χ4n) is 0.618. The van der Waals surface area contributed by atoms with Crippen LogP contribution >= 0.6 is 0 Å². The Balaban J connectivity index is 3.43. The van der Waals surface area contributed by atoms with Gasteiger partial charge >= 0.3 is 0 Å². The number of aromatic nitrogens is 1. The molecule has 9 heavy (non-hydrogen) atoms. The monoisotopic (exact) mass is 119 g/mol. The molecule has 3 heteroatoms. The second-order valence-electron chi connectivity index (χ2n) is 1.88. The van der Waals surface area contributed by atoms with Crippen LogP contribution in [0, 0.1) is 0 Å². The normalized spacial score (nSPS) is 9.44. The molecule has 1 aromatic heterocycles. The summed E-state index contributed by atoms with van der Waals surface area (Å²) >= 11 is 0. The minimum absolute atomic E-state index is 0.141. The minimum atomic E-state index is -0.141. The predicted molar refractivity (Wildman–Crippen MR) is 37.1 cm³/mol. The van der Waals surface area contributed by atoms with Crippen molar-refractivity contribution in [2.24, 2.45) is 7.05 Å². The summed E-state index contributed by atoms with van der Waals surface area (Å²) in [4.78, 5) is 10.8. The summed E-state index contributed by atoms with van der Waals surface area (Å²) in [6.07, 6.45) is 1.67. The Hall–Kier alpha value is -0.985. The molecule has 0 aliphatic rings. The Bertz CT molecular complexity index is 243. The van der Waals surface area contributed by atoms with Gasteiger partial charge in [0.2, 0.25) is 5.56 Å². The van der Waals surface area contributed by atoms with E-state index in [1.165, 1.54) is 4.57 Å². The topological polar surface area (TPSA) is 22.0 Å². The van der Waals surface area contributed by atoms with E-state index in [2.05, 4.69) is 0 Å². The maximum absolute atomic E-state index is 10.8. The highest BCUT2D eigenvalue weighted by Crippen LogP contribution is 1.70. The van der Waals surface area contributed by atoms with Gasteiger partial charge in [0.05, 0.1) is 0 Å². The van der Waals surface area contributed by atoms with Crippen LogP contribution in [0.5, 0.6) is 0 Å². The van der Waals surface area contributed by atoms with Gasteiger partial charge in [-0.15, -0.1) is 0 Å². The van der Waals surface area contributed by atoms with Crippen LogP contribution in [0.2, 0.25) is 0 Å². The van der Waals surface area contributed by atoms with E-state index < -0.39 is 0 Å². The van der Waals surface area contributed by atoms with E-state index in [0.717, 1.165) is 0 Å². The van der Waals surface area contributed by atoms with Crippen molar-refractivity contribution < 1.29 is 0 Å². The van der Waals surface area contributed by atoms with Crippen LogP contribution in [-0.4, -0.2) is 12.4 Å². The lowest BCUT2D eigenvalue weighted by molar-refractivity contribution is 0.868. The van der Waals surface area contributed by atoms with Gasteiger partial charge in [-0.1, -0.05) is 6.07 Å². The number of hydrogen-bond donors (Lipinski definition) is 0. The molecular weight excluding hydrogens is 113 g/mol. The molecule has 0 amide bonds. The standard InChI is InChI=1S/C6H6BNO/c1-8-4-2-3-5(7)6(8)9/h2-4H,1H3. The molecule has 1 heterocycles. The molecule has 0 aliphatic carbocycles. The molecule has 44 valence electrons. The van der Waals surface area contributed by atoms with Crippen molar-refractivity contribution in [3.05, 3.63) is 28.7 Å². The molecule has 0 spiro atoms. The van der Waals surface area contributed by atoms with Crippen molar-refractivity contribution >= 4 is 13.3 Å². The van der Waals surface area contributed by atoms with Gasteiger partial charge in [0.25, 0.3) is 0 Å². The van der Waals surface area contributed by atoms with E-state index in [0.29, 0.717) is 5.46 Å². The molecule has 0 aromatic carbocycles. The fraction of sp³-hybridized carbons (Fsp3) is 0.167. The van der Waals surface area contributed by atoms with E-state index in [9.17, 15) is 4.79 Å². The number of rotatable bonds is 0. The van der Waals surface area contributed by atoms with Crippen LogP contribution in [0.25, 0.3) is 0 Å². The highest BCUT2D eigenvalue weighted by Gasteiger charge is 1.89. The van der Waals surface area contributed by atoms with E-state index in [-0.39, 0.29) is 5.56 Å². The Morgan fingerprint density at radius 1 is 1.67 bits per heavy atom. The van der Waals surface area contributed by atoms with Crippen LogP contribution in [0.3, 0.4) is 0 Å². The molecule has 0 unspecified atom stereocenters. The fourth-order valence-corrected chi connectivity index (χ4v) is 0.618. The Morgan fingerprint density at radius 2 is 2.33 bits per heavy atom. The molecular formula is C6H6BNO. The first kappa shape index (κ1) is 6.14. The summed E-state index contributed by atoms with van der Waals surface area (Å²) in [6.45, 7) is 0. The summed E-state index contributed by atoms with van der Waals surface area (Å²) < 4.78 is 1.44. The summed E-state index contributed by atoms with van der Waals surface area (Å²) in [7, 11) is 6.95. The van der Waals surface area contributed by atoms with Gasteiger partial charge in [0.15, 0.2) is 0 Å². The molecule has 0 saturated heterocycles. The Morgan fingerprint density at radius 3 is 2.78 bits per heavy atom. The van der Waals surface area contributed by atoms with Gasteiger partial charge in [-0.2, -0.15) is 0 Å². The van der Waals surface area contributed by atoms with Crippen molar-refractivity contribution in [2.45, 2.75) is 0 Å². The number of aryl methyl sites for hydroxylation is 1. The highest BCUT2D eigenvalue weighted by atomic mass is 16.1. The Labute approximate surface area is 54.5 Å². The largest absolute Gasteiger partial charge is 0.319 e. The lowest BCUT2D eigenvalue weighted by Crippen LogP contribution is -2.31. The van der Waals surface area contributed by atoms with E-state index in [4.69, 9.17) is 7.85 Å². The zero-order valence-electron chi connectivity index (χ0n) is 5.16. The SMILES string of the molecule is [B]c1cccn(C)c1=O. The van der Waals surface area contributed by atoms with Gasteiger partial charge in [-0.25, -0.2) is 0 Å². The molecule has 0 saturated carbocycles. The first-order valence-electron chi connectivity index (χ1n) is 2.63. The summed E-state index contributed by atoms with van der Waals surface area (Å²) in [5.74, 6) is 0. The smallest absolute Gasteiger partial charge is 0.243 e. The van der Waals surface area contributed by atoms with E-state index >= 15 is 0 Å². The van der Waals surface area contributed by atoms with Gasteiger partial charge in [0.1, 0.15) is 7.85 Å². The lowest BCUT2D eigenvalue weighted by atomic mass is 9.99. The van der Waals surface area contributed by atoms with Crippen molar-refractivity contribution in [3.63, 3.8) is 0 Å². The predicted octanol–water partition coefficient (Wildman–Crippen LogP) is -0.821. The average Bonchev–Trinajstić information content (AvgIpc) is 1.83. The molecule has 2 nitrogen and oxygen atoms in total. The third kappa shape index (κ3) is 1.04. The number of pyridine rings is 1. The number of hydrogen-bond acceptors (Lipinski definition) is 1. The third-order valence-electron chi connectivity index (χ3n) is 1.15. The van der Waals surface area contributed by atoms with Crippen LogP contribution in [0.4, 0.5) is 0 Å². The molecule has 0 fully saturated rings. The quantitative estimate of drug-likeness (QED) is 0.409. The first-order valence-corrected chi connectivity index (χ1v) is 2.63. The Kier molecular flexibility index (Phi) is 1.43. The van der Waals surface area contributed by atoms with Gasteiger partial charge in [-0.3, -0.25) is 4.79 Å². The summed E-state index contributed by atoms with van der Waals surface area (Å²) in [5.41, 5.74) is 0.150. The molecule has 1 rings (SSSR count). The van der Waals surface area contributed by atoms with Crippen molar-refractivity contribution in [1.82, 2.24) is 4.57 Å². The van der Waals surface area contributed by atoms with Crippen LogP contribution in [-0.2, 0) is 7.05 Å². The molecule has 0 bridgehead atoms. The molecule has 0 N–H and O–H groups in total. The van der Waals surface area contributed by atoms with Crippen molar-refractivity contribution in [1.29, 1.82) is 0 Å². The third-order valence-corrected chi connectivity index (χ3v) is 1.15. The molecule has 0 atom stereocenters. The minimum Gasteiger partial charge on any atom is -0.319 e. The molecule has 0 aliphatic heterocycles. The second kappa shape index (κ2) is 2.09. The maximum atomic E-state index is 10.8. The van der Waals surface area contributed by atoms with Crippen molar-refractivity contribution in [2.75, 3.05) is 0 Å². The number of nitrogens with zero attached hydrogens (tertiary/aromatic N) is 1. The molecule has 1 aromatic rings. The molecule has 2 radical (unpaired) electrons. The maximum Gasteiger partial charge on any atom is 0.243 e.